The molecule has 1 heterocycles. The van der Waals surface area contributed by atoms with Crippen molar-refractivity contribution in [3.8, 4) is 5.75 Å². The Balaban J connectivity index is 2.28. The van der Waals surface area contributed by atoms with Crippen molar-refractivity contribution >= 4 is 32.9 Å². The van der Waals surface area contributed by atoms with E-state index < -0.39 is 5.97 Å². The van der Waals surface area contributed by atoms with Crippen LogP contribution in [-0.4, -0.2) is 40.3 Å². The number of ether oxygens (including phenoxy) is 2. The lowest BCUT2D eigenvalue weighted by Gasteiger charge is -2.07. The summed E-state index contributed by atoms with van der Waals surface area (Å²) in [7, 11) is 5.59. The summed E-state index contributed by atoms with van der Waals surface area (Å²) < 4.78 is 16.9. The molecule has 0 aliphatic heterocycles. The fourth-order valence-corrected chi connectivity index (χ4v) is 2.49. The maximum absolute atomic E-state index is 12.1. The molecule has 5 nitrogen and oxygen atoms in total. The number of esters is 1. The molecule has 0 aliphatic carbocycles. The number of aryl methyl sites for hydroxylation is 1. The third-order valence-corrected chi connectivity index (χ3v) is 3.85. The van der Waals surface area contributed by atoms with E-state index in [1.165, 1.54) is 4.90 Å². The molecule has 0 unspecified atom stereocenters. The van der Waals surface area contributed by atoms with E-state index in [2.05, 4.69) is 15.9 Å². The molecule has 0 spiro atoms. The van der Waals surface area contributed by atoms with Gasteiger partial charge in [0, 0.05) is 17.0 Å². The van der Waals surface area contributed by atoms with Gasteiger partial charge in [0.1, 0.15) is 24.5 Å². The predicted octanol–water partition coefficient (Wildman–Crippen LogP) is 1.81. The van der Waals surface area contributed by atoms with Crippen LogP contribution in [-0.2, 0) is 4.74 Å². The van der Waals surface area contributed by atoms with E-state index in [1.807, 2.05) is 27.1 Å². The van der Waals surface area contributed by atoms with Crippen LogP contribution in [0.4, 0.5) is 0 Å². The number of nitrogens with one attached hydrogen (secondary N) is 1. The number of quaternary nitrogens is 1. The summed E-state index contributed by atoms with van der Waals surface area (Å²) in [5, 5.41) is 0.868. The highest BCUT2D eigenvalue weighted by Gasteiger charge is 2.20. The van der Waals surface area contributed by atoms with Gasteiger partial charge in [-0.25, -0.2) is 4.79 Å². The molecule has 0 radical (unpaired) electrons. The van der Waals surface area contributed by atoms with E-state index in [4.69, 9.17) is 13.9 Å². The summed E-state index contributed by atoms with van der Waals surface area (Å²) in [5.41, 5.74) is 1.38. The summed E-state index contributed by atoms with van der Waals surface area (Å²) in [6.45, 7) is 2.97. The summed E-state index contributed by atoms with van der Waals surface area (Å²) in [6, 6.07) is 3.64. The van der Waals surface area contributed by atoms with Crippen LogP contribution < -0.4 is 9.64 Å². The number of carbonyl (C=O) groups excluding carboxylic acids is 1. The highest BCUT2D eigenvalue weighted by molar-refractivity contribution is 9.10. The number of halogens is 1. The van der Waals surface area contributed by atoms with Crippen LogP contribution in [0.3, 0.4) is 0 Å². The van der Waals surface area contributed by atoms with Gasteiger partial charge >= 0.3 is 5.97 Å². The molecule has 6 heteroatoms. The van der Waals surface area contributed by atoms with Gasteiger partial charge in [0.15, 0.2) is 0 Å². The second-order valence-electron chi connectivity index (χ2n) is 5.13. The molecule has 0 bridgehead atoms. The number of rotatable bonds is 5. The normalized spacial score (nSPS) is 11.1. The van der Waals surface area contributed by atoms with Gasteiger partial charge in [0.05, 0.1) is 25.7 Å². The first-order valence-electron chi connectivity index (χ1n) is 6.66. The minimum absolute atomic E-state index is 0.249. The quantitative estimate of drug-likeness (QED) is 0.830. The molecule has 1 aromatic carbocycles. The van der Waals surface area contributed by atoms with Crippen molar-refractivity contribution in [2.45, 2.75) is 6.92 Å². The molecule has 0 amide bonds. The molecule has 1 aromatic heterocycles. The van der Waals surface area contributed by atoms with Crippen molar-refractivity contribution in [2.24, 2.45) is 0 Å². The molecule has 0 fully saturated rings. The molecule has 2 rings (SSSR count). The van der Waals surface area contributed by atoms with Crippen LogP contribution in [0.15, 0.2) is 21.0 Å². The first kappa shape index (κ1) is 15.9. The van der Waals surface area contributed by atoms with Crippen molar-refractivity contribution in [2.75, 3.05) is 34.4 Å². The Labute approximate surface area is 131 Å². The van der Waals surface area contributed by atoms with Crippen molar-refractivity contribution in [3.63, 3.8) is 0 Å². The Hall–Kier alpha value is -1.53. The number of hydrogen-bond donors (Lipinski definition) is 1. The largest absolute Gasteiger partial charge is 0.495 e. The minimum Gasteiger partial charge on any atom is -0.495 e. The zero-order valence-electron chi connectivity index (χ0n) is 12.6. The number of hydrogen-bond acceptors (Lipinski definition) is 4. The number of fused-ring (bicyclic) bond motifs is 1. The highest BCUT2D eigenvalue weighted by atomic mass is 79.9. The van der Waals surface area contributed by atoms with Crippen molar-refractivity contribution in [1.29, 1.82) is 0 Å². The smallest absolute Gasteiger partial charge is 0.374 e. The molecule has 1 N–H and O–H groups in total. The lowest BCUT2D eigenvalue weighted by Crippen LogP contribution is -3.06. The average Bonchev–Trinajstić information content (AvgIpc) is 2.74. The number of likely N-dealkylation sites (N-methyl/N-ethyl adjacent to an activating group) is 1. The summed E-state index contributed by atoms with van der Waals surface area (Å²) in [5.74, 6) is 0.478. The first-order chi connectivity index (χ1) is 9.93. The molecule has 0 saturated heterocycles. The molecule has 0 aliphatic rings. The molecule has 0 saturated carbocycles. The first-order valence-corrected chi connectivity index (χ1v) is 7.46. The number of furan rings is 1. The lowest BCUT2D eigenvalue weighted by atomic mass is 10.1. The van der Waals surface area contributed by atoms with Crippen LogP contribution in [0.1, 0.15) is 16.1 Å². The Morgan fingerprint density at radius 1 is 1.38 bits per heavy atom. The fourth-order valence-electron chi connectivity index (χ4n) is 1.99. The van der Waals surface area contributed by atoms with Gasteiger partial charge in [-0.2, -0.15) is 0 Å². The van der Waals surface area contributed by atoms with Crippen LogP contribution in [0.5, 0.6) is 5.75 Å². The SMILES string of the molecule is COc1cc2oc(C(=O)OCC[NH+](C)C)c(C)c2cc1Br. The number of benzene rings is 1. The van der Waals surface area contributed by atoms with Crippen LogP contribution in [0.2, 0.25) is 0 Å². The standard InChI is InChI=1S/C15H18BrNO4/c1-9-10-7-11(16)13(19-4)8-12(10)21-14(9)15(18)20-6-5-17(2)3/h7-8H,5-6H2,1-4H3/p+1. The summed E-state index contributed by atoms with van der Waals surface area (Å²) in [4.78, 5) is 13.3. The monoisotopic (exact) mass is 356 g/mol. The predicted molar refractivity (Wildman–Crippen MR) is 83.2 cm³/mol. The van der Waals surface area contributed by atoms with Gasteiger partial charge in [0.2, 0.25) is 5.76 Å². The van der Waals surface area contributed by atoms with Gasteiger partial charge in [-0.05, 0) is 28.9 Å². The van der Waals surface area contributed by atoms with E-state index in [0.717, 1.165) is 22.0 Å². The highest BCUT2D eigenvalue weighted by Crippen LogP contribution is 2.34. The number of methoxy groups -OCH3 is 1. The van der Waals surface area contributed by atoms with E-state index in [1.54, 1.807) is 13.2 Å². The van der Waals surface area contributed by atoms with E-state index in [-0.39, 0.29) is 5.76 Å². The van der Waals surface area contributed by atoms with Crippen LogP contribution in [0, 0.1) is 6.92 Å². The van der Waals surface area contributed by atoms with Gasteiger partial charge in [-0.15, -0.1) is 0 Å². The van der Waals surface area contributed by atoms with Crippen LogP contribution >= 0.6 is 15.9 Å². The average molecular weight is 357 g/mol. The van der Waals surface area contributed by atoms with E-state index >= 15 is 0 Å². The number of carbonyl (C=O) groups is 1. The van der Waals surface area contributed by atoms with Gasteiger partial charge in [-0.3, -0.25) is 0 Å². The lowest BCUT2D eigenvalue weighted by molar-refractivity contribution is -0.858. The molecular weight excluding hydrogens is 338 g/mol. The summed E-state index contributed by atoms with van der Waals surface area (Å²) >= 11 is 3.43. The molecule has 21 heavy (non-hydrogen) atoms. The Kier molecular flexibility index (Phi) is 4.90. The molecular formula is C15H19BrNO4+. The third-order valence-electron chi connectivity index (χ3n) is 3.23. The third kappa shape index (κ3) is 3.39. The van der Waals surface area contributed by atoms with Crippen molar-refractivity contribution in [1.82, 2.24) is 0 Å². The van der Waals surface area contributed by atoms with Gasteiger partial charge in [0.25, 0.3) is 0 Å². The Bertz CT molecular complexity index is 663. The fraction of sp³-hybridized carbons (Fsp3) is 0.400. The zero-order valence-corrected chi connectivity index (χ0v) is 14.2. The topological polar surface area (TPSA) is 53.1 Å². The second-order valence-corrected chi connectivity index (χ2v) is 5.99. The Morgan fingerprint density at radius 3 is 2.71 bits per heavy atom. The molecule has 114 valence electrons. The molecule has 0 atom stereocenters. The van der Waals surface area contributed by atoms with E-state index in [9.17, 15) is 4.79 Å². The maximum atomic E-state index is 12.1. The van der Waals surface area contributed by atoms with Crippen LogP contribution in [0.25, 0.3) is 11.0 Å². The zero-order chi connectivity index (χ0) is 15.6. The second kappa shape index (κ2) is 6.49. The van der Waals surface area contributed by atoms with Crippen molar-refractivity contribution < 1.29 is 23.6 Å². The Morgan fingerprint density at radius 2 is 2.10 bits per heavy atom. The maximum Gasteiger partial charge on any atom is 0.374 e. The minimum atomic E-state index is -0.431. The van der Waals surface area contributed by atoms with Gasteiger partial charge < -0.3 is 18.8 Å². The van der Waals surface area contributed by atoms with E-state index in [0.29, 0.717) is 17.9 Å². The van der Waals surface area contributed by atoms with Gasteiger partial charge in [-0.1, -0.05) is 0 Å². The summed E-state index contributed by atoms with van der Waals surface area (Å²) in [6.07, 6.45) is 0. The molecule has 2 aromatic rings. The van der Waals surface area contributed by atoms with Crippen molar-refractivity contribution in [3.05, 3.63) is 27.9 Å².